The molecule has 104 valence electrons. The van der Waals surface area contributed by atoms with Crippen LogP contribution in [0.2, 0.25) is 0 Å². The van der Waals surface area contributed by atoms with Crippen LogP contribution < -0.4 is 4.90 Å². The quantitative estimate of drug-likeness (QED) is 0.916. The third-order valence-corrected chi connectivity index (χ3v) is 4.11. The van der Waals surface area contributed by atoms with Gasteiger partial charge < -0.3 is 10.0 Å². The topological polar surface area (TPSA) is 66.3 Å². The Morgan fingerprint density at radius 2 is 2.35 bits per heavy atom. The number of aromatic nitrogens is 2. The van der Waals surface area contributed by atoms with Crippen molar-refractivity contribution in [3.63, 3.8) is 0 Å². The first-order valence-corrected chi connectivity index (χ1v) is 7.44. The summed E-state index contributed by atoms with van der Waals surface area (Å²) in [5.41, 5.74) is 1.92. The maximum absolute atomic E-state index is 11.0. The summed E-state index contributed by atoms with van der Waals surface area (Å²) in [5, 5.41) is 13.2. The largest absolute Gasteiger partial charge is 0.478 e. The molecule has 0 spiro atoms. The van der Waals surface area contributed by atoms with E-state index in [2.05, 4.69) is 31.7 Å². The zero-order valence-electron chi connectivity index (χ0n) is 11.1. The normalized spacial score (nSPS) is 14.2. The van der Waals surface area contributed by atoms with Gasteiger partial charge in [-0.3, -0.25) is 0 Å². The second-order valence-electron chi connectivity index (χ2n) is 4.96. The molecule has 0 saturated heterocycles. The number of anilines is 1. The molecule has 0 radical (unpaired) electrons. The predicted octanol–water partition coefficient (Wildman–Crippen LogP) is 2.71. The molecule has 0 aromatic carbocycles. The number of carbonyl (C=O) groups is 1. The summed E-state index contributed by atoms with van der Waals surface area (Å²) in [4.78, 5) is 21.8. The van der Waals surface area contributed by atoms with E-state index in [0.717, 1.165) is 19.4 Å². The molecule has 1 aliphatic rings. The average Bonchev–Trinajstić information content (AvgIpc) is 3.12. The number of carboxylic acid groups (broad SMARTS) is 1. The lowest BCUT2D eigenvalue weighted by Crippen LogP contribution is -2.27. The predicted molar refractivity (Wildman–Crippen MR) is 77.3 cm³/mol. The minimum Gasteiger partial charge on any atom is -0.478 e. The fraction of sp³-hybridized carbons (Fsp3) is 0.357. The van der Waals surface area contributed by atoms with Gasteiger partial charge in [0.25, 0.3) is 0 Å². The number of aromatic carboxylic acids is 1. The smallest absolute Gasteiger partial charge is 0.339 e. The van der Waals surface area contributed by atoms with Crippen molar-refractivity contribution in [3.8, 4) is 0 Å². The van der Waals surface area contributed by atoms with Gasteiger partial charge in [-0.05, 0) is 42.2 Å². The Morgan fingerprint density at radius 3 is 2.90 bits per heavy atom. The van der Waals surface area contributed by atoms with Gasteiger partial charge in [0.05, 0.1) is 11.3 Å². The molecule has 2 aromatic rings. The Labute approximate surface area is 120 Å². The Bertz CT molecular complexity index is 623. The maximum Gasteiger partial charge on any atom is 0.339 e. The van der Waals surface area contributed by atoms with E-state index in [1.165, 1.54) is 11.8 Å². The number of rotatable bonds is 5. The molecule has 2 aromatic heterocycles. The molecule has 1 saturated carbocycles. The first kappa shape index (κ1) is 13.1. The van der Waals surface area contributed by atoms with Crippen molar-refractivity contribution in [1.82, 2.24) is 9.97 Å². The van der Waals surface area contributed by atoms with Gasteiger partial charge in [0.2, 0.25) is 5.95 Å². The van der Waals surface area contributed by atoms with Crippen LogP contribution in [0, 0.1) is 6.92 Å². The summed E-state index contributed by atoms with van der Waals surface area (Å²) in [6, 6.07) is 2.57. The van der Waals surface area contributed by atoms with Crippen LogP contribution in [0.5, 0.6) is 0 Å². The van der Waals surface area contributed by atoms with E-state index in [-0.39, 0.29) is 5.56 Å². The van der Waals surface area contributed by atoms with Crippen LogP contribution in [0.1, 0.15) is 34.5 Å². The van der Waals surface area contributed by atoms with Crippen LogP contribution in [-0.4, -0.2) is 27.1 Å². The first-order valence-electron chi connectivity index (χ1n) is 6.50. The lowest BCUT2D eigenvalue weighted by Gasteiger charge is -2.22. The van der Waals surface area contributed by atoms with E-state index in [4.69, 9.17) is 5.11 Å². The lowest BCUT2D eigenvalue weighted by atomic mass is 10.2. The Balaban J connectivity index is 1.88. The van der Waals surface area contributed by atoms with Gasteiger partial charge in [0.15, 0.2) is 0 Å². The highest BCUT2D eigenvalue weighted by Gasteiger charge is 2.31. The van der Waals surface area contributed by atoms with Gasteiger partial charge in [-0.15, -0.1) is 0 Å². The molecule has 20 heavy (non-hydrogen) atoms. The summed E-state index contributed by atoms with van der Waals surface area (Å²) < 4.78 is 0. The molecule has 1 aliphatic carbocycles. The molecule has 3 rings (SSSR count). The minimum atomic E-state index is -0.982. The molecule has 1 N–H and O–H groups in total. The molecule has 5 nitrogen and oxygen atoms in total. The fourth-order valence-electron chi connectivity index (χ4n) is 2.13. The van der Waals surface area contributed by atoms with E-state index in [1.807, 2.05) is 0 Å². The van der Waals surface area contributed by atoms with Crippen molar-refractivity contribution in [2.24, 2.45) is 0 Å². The van der Waals surface area contributed by atoms with Gasteiger partial charge in [0.1, 0.15) is 0 Å². The summed E-state index contributed by atoms with van der Waals surface area (Å²) >= 11 is 1.67. The third-order valence-electron chi connectivity index (χ3n) is 3.37. The number of nitrogens with zero attached hydrogens (tertiary/aromatic N) is 3. The van der Waals surface area contributed by atoms with Gasteiger partial charge >= 0.3 is 5.97 Å². The molecule has 1 fully saturated rings. The highest BCUT2D eigenvalue weighted by atomic mass is 32.1. The van der Waals surface area contributed by atoms with Crippen molar-refractivity contribution in [1.29, 1.82) is 0 Å². The second kappa shape index (κ2) is 5.20. The summed E-state index contributed by atoms with van der Waals surface area (Å²) in [6.45, 7) is 2.49. The summed E-state index contributed by atoms with van der Waals surface area (Å²) in [6.07, 6.45) is 3.70. The molecular weight excluding hydrogens is 274 g/mol. The van der Waals surface area contributed by atoms with Crippen molar-refractivity contribution in [3.05, 3.63) is 39.8 Å². The molecular formula is C14H15N3O2S. The average molecular weight is 289 g/mol. The molecule has 2 heterocycles. The number of aryl methyl sites for hydroxylation is 1. The molecule has 0 aliphatic heterocycles. The summed E-state index contributed by atoms with van der Waals surface area (Å²) in [7, 11) is 0. The van der Waals surface area contributed by atoms with E-state index >= 15 is 0 Å². The Kier molecular flexibility index (Phi) is 3.40. The zero-order chi connectivity index (χ0) is 14.1. The van der Waals surface area contributed by atoms with Gasteiger partial charge in [-0.2, -0.15) is 11.3 Å². The Morgan fingerprint density at radius 1 is 1.55 bits per heavy atom. The maximum atomic E-state index is 11.0. The first-order chi connectivity index (χ1) is 9.65. The second-order valence-corrected chi connectivity index (χ2v) is 5.74. The van der Waals surface area contributed by atoms with E-state index in [1.54, 1.807) is 18.3 Å². The van der Waals surface area contributed by atoms with Crippen LogP contribution in [0.3, 0.4) is 0 Å². The van der Waals surface area contributed by atoms with Crippen LogP contribution in [0.15, 0.2) is 23.0 Å². The van der Waals surface area contributed by atoms with E-state index in [9.17, 15) is 4.79 Å². The van der Waals surface area contributed by atoms with Gasteiger partial charge in [0, 0.05) is 18.8 Å². The fourth-order valence-corrected chi connectivity index (χ4v) is 2.79. The SMILES string of the molecule is Cc1nc(N(Cc2ccsc2)C2CC2)ncc1C(=O)O. The molecule has 0 unspecified atom stereocenters. The van der Waals surface area contributed by atoms with Crippen LogP contribution in [0.4, 0.5) is 5.95 Å². The number of thiophene rings is 1. The van der Waals surface area contributed by atoms with Crippen molar-refractivity contribution in [2.75, 3.05) is 4.90 Å². The van der Waals surface area contributed by atoms with E-state index < -0.39 is 5.97 Å². The van der Waals surface area contributed by atoms with Crippen LogP contribution >= 0.6 is 11.3 Å². The molecule has 0 atom stereocenters. The molecule has 0 amide bonds. The van der Waals surface area contributed by atoms with Gasteiger partial charge in [-0.1, -0.05) is 0 Å². The lowest BCUT2D eigenvalue weighted by molar-refractivity contribution is 0.0695. The monoisotopic (exact) mass is 289 g/mol. The highest BCUT2D eigenvalue weighted by Crippen LogP contribution is 2.31. The number of carboxylic acids is 1. The standard InChI is InChI=1S/C14H15N3O2S/c1-9-12(13(18)19)6-15-14(16-9)17(11-2-3-11)7-10-4-5-20-8-10/h4-6,8,11H,2-3,7H2,1H3,(H,18,19). The molecule has 6 heteroatoms. The van der Waals surface area contributed by atoms with E-state index in [0.29, 0.717) is 17.7 Å². The number of hydrogen-bond acceptors (Lipinski definition) is 5. The highest BCUT2D eigenvalue weighted by molar-refractivity contribution is 7.07. The number of hydrogen-bond donors (Lipinski definition) is 1. The van der Waals surface area contributed by atoms with Crippen molar-refractivity contribution in [2.45, 2.75) is 32.4 Å². The van der Waals surface area contributed by atoms with Crippen LogP contribution in [-0.2, 0) is 6.54 Å². The van der Waals surface area contributed by atoms with Gasteiger partial charge in [-0.25, -0.2) is 14.8 Å². The Hall–Kier alpha value is -1.95. The summed E-state index contributed by atoms with van der Waals surface area (Å²) in [5.74, 6) is -0.356. The third kappa shape index (κ3) is 2.65. The van der Waals surface area contributed by atoms with Crippen molar-refractivity contribution < 1.29 is 9.90 Å². The van der Waals surface area contributed by atoms with Crippen molar-refractivity contribution >= 4 is 23.3 Å². The molecule has 0 bridgehead atoms. The minimum absolute atomic E-state index is 0.167. The van der Waals surface area contributed by atoms with Crippen LogP contribution in [0.25, 0.3) is 0 Å². The zero-order valence-corrected chi connectivity index (χ0v) is 11.9.